The van der Waals surface area contributed by atoms with Gasteiger partial charge in [-0.05, 0) is 67.7 Å². The molecule has 1 aromatic rings. The first-order valence-electron chi connectivity index (χ1n) is 10.5. The van der Waals surface area contributed by atoms with Crippen molar-refractivity contribution in [2.75, 3.05) is 20.8 Å². The Kier molecular flexibility index (Phi) is 9.64. The fraction of sp³-hybridized carbons (Fsp3) is 0.500. The number of carbonyl (C=O) groups is 1. The number of ether oxygens (including phenoxy) is 3. The molecule has 9 nitrogen and oxygen atoms in total. The molecule has 0 amide bonds. The van der Waals surface area contributed by atoms with Crippen molar-refractivity contribution >= 4 is 36.0 Å². The summed E-state index contributed by atoms with van der Waals surface area (Å²) in [6, 6.07) is 2.02. The predicted octanol–water partition coefficient (Wildman–Crippen LogP) is 3.49. The van der Waals surface area contributed by atoms with Crippen molar-refractivity contribution in [1.82, 2.24) is 5.43 Å². The Bertz CT molecular complexity index is 914. The zero-order chi connectivity index (χ0) is 22.2. The molecule has 0 unspecified atom stereocenters. The highest BCUT2D eigenvalue weighted by atomic mass is 35.5. The van der Waals surface area contributed by atoms with Crippen molar-refractivity contribution in [2.45, 2.75) is 51.4 Å². The number of nitrogens with one attached hydrogen (secondary N) is 1. The fourth-order valence-electron chi connectivity index (χ4n) is 4.26. The summed E-state index contributed by atoms with van der Waals surface area (Å²) in [5, 5.41) is 16.7. The van der Waals surface area contributed by atoms with Crippen LogP contribution in [0, 0.1) is 0 Å². The number of hydrogen-bond acceptors (Lipinski definition) is 7. The Balaban J connectivity index is 0.00000363. The Morgan fingerprint density at radius 3 is 2.59 bits per heavy atom. The maximum atomic E-state index is 10.7. The predicted molar refractivity (Wildman–Crippen MR) is 126 cm³/mol. The number of hydrogen-bond donors (Lipinski definition) is 3. The number of unbranched alkanes of at least 4 members (excludes halogenated alkanes) is 1. The van der Waals surface area contributed by atoms with Crippen molar-refractivity contribution in [3.8, 4) is 17.2 Å². The summed E-state index contributed by atoms with van der Waals surface area (Å²) in [5.41, 5.74) is 8.47. The molecule has 1 aromatic carbocycles. The molecule has 2 aliphatic rings. The number of nitrogens with zero attached hydrogens (tertiary/aromatic N) is 2. The number of fused-ring (bicyclic) bond motifs is 2. The quantitative estimate of drug-likeness (QED) is 0.158. The number of rotatable bonds is 10. The van der Waals surface area contributed by atoms with Crippen molar-refractivity contribution in [1.29, 1.82) is 0 Å². The van der Waals surface area contributed by atoms with E-state index >= 15 is 0 Å². The number of allylic oxidation sites excluding steroid dienone is 2. The van der Waals surface area contributed by atoms with Gasteiger partial charge < -0.3 is 25.2 Å². The lowest BCUT2D eigenvalue weighted by molar-refractivity contribution is -0.137. The van der Waals surface area contributed by atoms with E-state index in [0.717, 1.165) is 48.9 Å². The van der Waals surface area contributed by atoms with Gasteiger partial charge in [0.2, 0.25) is 5.75 Å². The van der Waals surface area contributed by atoms with E-state index in [4.69, 9.17) is 25.2 Å². The van der Waals surface area contributed by atoms with Crippen molar-refractivity contribution in [2.24, 2.45) is 16.0 Å². The van der Waals surface area contributed by atoms with Crippen molar-refractivity contribution in [3.63, 3.8) is 0 Å². The largest absolute Gasteiger partial charge is 0.492 e. The normalized spacial score (nSPS) is 16.2. The molecule has 3 rings (SSSR count). The van der Waals surface area contributed by atoms with Gasteiger partial charge in [0, 0.05) is 12.0 Å². The van der Waals surface area contributed by atoms with Gasteiger partial charge in [-0.2, -0.15) is 10.2 Å². The summed E-state index contributed by atoms with van der Waals surface area (Å²) in [7, 11) is 3.24. The average molecular weight is 467 g/mol. The van der Waals surface area contributed by atoms with E-state index in [1.54, 1.807) is 14.2 Å². The van der Waals surface area contributed by atoms with Crippen LogP contribution in [-0.4, -0.2) is 44.0 Å². The summed E-state index contributed by atoms with van der Waals surface area (Å²) in [6.07, 6.45) is 7.22. The minimum atomic E-state index is -0.797. The van der Waals surface area contributed by atoms with E-state index in [9.17, 15) is 4.79 Å². The zero-order valence-electron chi connectivity index (χ0n) is 18.5. The molecular formula is C22H31ClN4O5. The van der Waals surface area contributed by atoms with Crippen LogP contribution in [0.2, 0.25) is 0 Å². The Morgan fingerprint density at radius 1 is 1.16 bits per heavy atom. The van der Waals surface area contributed by atoms with Crippen LogP contribution in [0.15, 0.2) is 21.8 Å². The van der Waals surface area contributed by atoms with Gasteiger partial charge in [-0.1, -0.05) is 0 Å². The Hall–Kier alpha value is -2.94. The maximum Gasteiger partial charge on any atom is 0.303 e. The van der Waals surface area contributed by atoms with Crippen LogP contribution in [0.1, 0.15) is 56.1 Å². The van der Waals surface area contributed by atoms with Gasteiger partial charge in [0.25, 0.3) is 0 Å². The highest BCUT2D eigenvalue weighted by molar-refractivity contribution is 6.09. The molecule has 32 heavy (non-hydrogen) atoms. The lowest BCUT2D eigenvalue weighted by atomic mass is 9.95. The summed E-state index contributed by atoms with van der Waals surface area (Å²) in [4.78, 5) is 10.7. The molecule has 0 saturated carbocycles. The molecule has 0 heterocycles. The zero-order valence-corrected chi connectivity index (χ0v) is 19.3. The third-order valence-corrected chi connectivity index (χ3v) is 5.57. The van der Waals surface area contributed by atoms with Crippen LogP contribution in [-0.2, 0) is 11.2 Å². The second kappa shape index (κ2) is 12.2. The lowest BCUT2D eigenvalue weighted by Crippen LogP contribution is -2.11. The first kappa shape index (κ1) is 25.3. The maximum absolute atomic E-state index is 10.7. The van der Waals surface area contributed by atoms with Crippen LogP contribution in [0.4, 0.5) is 0 Å². The number of hydrazone groups is 2. The number of benzene rings is 1. The number of aryl methyl sites for hydroxylation is 1. The van der Waals surface area contributed by atoms with Gasteiger partial charge in [-0.3, -0.25) is 10.2 Å². The fourth-order valence-corrected chi connectivity index (χ4v) is 4.26. The molecule has 2 aliphatic carbocycles. The summed E-state index contributed by atoms with van der Waals surface area (Å²) < 4.78 is 17.5. The molecule has 4 N–H and O–H groups in total. The minimum absolute atomic E-state index is 0. The third kappa shape index (κ3) is 5.64. The van der Waals surface area contributed by atoms with Crippen LogP contribution in [0.25, 0.3) is 5.57 Å². The second-order valence-corrected chi connectivity index (χ2v) is 7.45. The molecule has 0 radical (unpaired) electrons. The first-order chi connectivity index (χ1) is 15.1. The molecule has 0 fully saturated rings. The van der Waals surface area contributed by atoms with Crippen molar-refractivity contribution in [3.05, 3.63) is 22.8 Å². The second-order valence-electron chi connectivity index (χ2n) is 7.45. The number of carboxylic acid groups (broad SMARTS) is 1. The van der Waals surface area contributed by atoms with Crippen LogP contribution >= 0.6 is 12.4 Å². The summed E-state index contributed by atoms with van der Waals surface area (Å²) in [5.74, 6) is 6.22. The topological polar surface area (TPSA) is 128 Å². The van der Waals surface area contributed by atoms with Gasteiger partial charge in [0.1, 0.15) is 6.34 Å². The standard InChI is InChI=1S/C22H30N4O5.ClH/c1-29-21-18(31-11-4-3-8-19(27)28)12-14-9-10-17(26-25-13-24-23)15-6-5-7-16(15)20(14)22(21)30-2;/h12-13H,3-11,23H2,1-2H3,(H,24,25)(H,27,28);1H. The van der Waals surface area contributed by atoms with E-state index in [1.807, 2.05) is 6.07 Å². The lowest BCUT2D eigenvalue weighted by Gasteiger charge is -2.20. The van der Waals surface area contributed by atoms with Crippen molar-refractivity contribution < 1.29 is 24.1 Å². The molecule has 176 valence electrons. The Labute approximate surface area is 194 Å². The highest BCUT2D eigenvalue weighted by Gasteiger charge is 2.31. The van der Waals surface area contributed by atoms with Crippen LogP contribution in [0.5, 0.6) is 17.2 Å². The molecule has 0 spiro atoms. The molecule has 0 aromatic heterocycles. The average Bonchev–Trinajstić information content (AvgIpc) is 3.18. The molecule has 10 heteroatoms. The molecule has 0 atom stereocenters. The number of nitrogens with two attached hydrogens (primary N) is 1. The van der Waals surface area contributed by atoms with Crippen LogP contribution in [0.3, 0.4) is 0 Å². The van der Waals surface area contributed by atoms with E-state index in [0.29, 0.717) is 36.7 Å². The smallest absolute Gasteiger partial charge is 0.303 e. The van der Waals surface area contributed by atoms with Gasteiger partial charge in [0.05, 0.1) is 26.5 Å². The first-order valence-corrected chi connectivity index (χ1v) is 10.5. The van der Waals surface area contributed by atoms with Gasteiger partial charge in [-0.25, -0.2) is 0 Å². The molecule has 0 bridgehead atoms. The van der Waals surface area contributed by atoms with Gasteiger partial charge in [0.15, 0.2) is 11.5 Å². The monoisotopic (exact) mass is 466 g/mol. The molecule has 0 aliphatic heterocycles. The number of aliphatic carboxylic acids is 1. The van der Waals surface area contributed by atoms with Gasteiger partial charge >= 0.3 is 5.97 Å². The number of carboxylic acids is 1. The summed E-state index contributed by atoms with van der Waals surface area (Å²) in [6.45, 7) is 0.411. The minimum Gasteiger partial charge on any atom is -0.492 e. The highest BCUT2D eigenvalue weighted by Crippen LogP contribution is 2.50. The third-order valence-electron chi connectivity index (χ3n) is 5.57. The van der Waals surface area contributed by atoms with E-state index in [2.05, 4.69) is 15.6 Å². The van der Waals surface area contributed by atoms with Gasteiger partial charge in [-0.15, -0.1) is 12.4 Å². The Morgan fingerprint density at radius 2 is 1.91 bits per heavy atom. The number of methoxy groups -OCH3 is 2. The number of halogens is 1. The SMILES string of the molecule is COc1c(OCCCCC(=O)O)cc2c(c1OC)C1=C(CCC1)C(=NNC=NN)CC2.Cl. The molecule has 0 saturated heterocycles. The molecular weight excluding hydrogens is 436 g/mol. The van der Waals surface area contributed by atoms with E-state index < -0.39 is 5.97 Å². The van der Waals surface area contributed by atoms with E-state index in [1.165, 1.54) is 17.5 Å². The van der Waals surface area contributed by atoms with Crippen LogP contribution < -0.4 is 25.5 Å². The van der Waals surface area contributed by atoms with E-state index in [-0.39, 0.29) is 18.8 Å². The summed E-state index contributed by atoms with van der Waals surface area (Å²) >= 11 is 0.